The Balaban J connectivity index is 2.39. The highest BCUT2D eigenvalue weighted by Gasteiger charge is 2.44. The first kappa shape index (κ1) is 16.9. The van der Waals surface area contributed by atoms with Gasteiger partial charge in [-0.3, -0.25) is 9.59 Å². The van der Waals surface area contributed by atoms with Gasteiger partial charge in [0.1, 0.15) is 5.82 Å². The maximum absolute atomic E-state index is 13.8. The second kappa shape index (κ2) is 7.22. The average molecular weight is 373 g/mol. The van der Waals surface area contributed by atoms with E-state index in [2.05, 4.69) is 15.9 Å². The molecule has 0 saturated heterocycles. The molecule has 22 heavy (non-hydrogen) atoms. The number of hydrogen-bond acceptors (Lipinski definition) is 4. The zero-order valence-corrected chi connectivity index (χ0v) is 14.1. The molecule has 0 radical (unpaired) electrons. The monoisotopic (exact) mass is 372 g/mol. The summed E-state index contributed by atoms with van der Waals surface area (Å²) in [7, 11) is 2.60. The van der Waals surface area contributed by atoms with Crippen LogP contribution in [0.2, 0.25) is 0 Å². The van der Waals surface area contributed by atoms with E-state index in [0.717, 1.165) is 6.42 Å². The summed E-state index contributed by atoms with van der Waals surface area (Å²) in [5.41, 5.74) is 0.699. The minimum Gasteiger partial charge on any atom is -0.469 e. The fourth-order valence-electron chi connectivity index (χ4n) is 3.19. The Hall–Kier alpha value is -1.43. The van der Waals surface area contributed by atoms with E-state index in [4.69, 9.17) is 9.47 Å². The first-order valence-electron chi connectivity index (χ1n) is 7.10. The van der Waals surface area contributed by atoms with Crippen LogP contribution in [0.4, 0.5) is 4.39 Å². The largest absolute Gasteiger partial charge is 0.469 e. The van der Waals surface area contributed by atoms with Gasteiger partial charge in [0.05, 0.1) is 30.5 Å². The topological polar surface area (TPSA) is 52.6 Å². The van der Waals surface area contributed by atoms with Gasteiger partial charge >= 0.3 is 11.9 Å². The molecule has 0 heterocycles. The maximum atomic E-state index is 13.8. The van der Waals surface area contributed by atoms with Crippen LogP contribution in [-0.4, -0.2) is 26.2 Å². The van der Waals surface area contributed by atoms with Crippen molar-refractivity contribution in [2.45, 2.75) is 25.2 Å². The van der Waals surface area contributed by atoms with Crippen LogP contribution < -0.4 is 0 Å². The first-order chi connectivity index (χ1) is 10.5. The van der Waals surface area contributed by atoms with Crippen molar-refractivity contribution in [1.29, 1.82) is 0 Å². The molecule has 0 bridgehead atoms. The lowest BCUT2D eigenvalue weighted by Gasteiger charge is -2.35. The smallest absolute Gasteiger partial charge is 0.310 e. The van der Waals surface area contributed by atoms with Crippen LogP contribution in [0.15, 0.2) is 22.7 Å². The zero-order valence-electron chi connectivity index (χ0n) is 12.5. The molecule has 120 valence electrons. The molecule has 0 amide bonds. The molecule has 0 aromatic heterocycles. The van der Waals surface area contributed by atoms with Crippen molar-refractivity contribution in [2.75, 3.05) is 14.2 Å². The number of rotatable bonds is 3. The highest BCUT2D eigenvalue weighted by molar-refractivity contribution is 9.10. The third-order valence-corrected chi connectivity index (χ3v) is 4.89. The average Bonchev–Trinajstić information content (AvgIpc) is 2.55. The summed E-state index contributed by atoms with van der Waals surface area (Å²) in [5.74, 6) is -2.72. The Morgan fingerprint density at radius 1 is 1.18 bits per heavy atom. The second-order valence-electron chi connectivity index (χ2n) is 5.39. The number of methoxy groups -OCH3 is 2. The van der Waals surface area contributed by atoms with Crippen molar-refractivity contribution in [3.8, 4) is 0 Å². The molecule has 1 fully saturated rings. The van der Waals surface area contributed by atoms with Crippen LogP contribution in [0, 0.1) is 17.7 Å². The summed E-state index contributed by atoms with van der Waals surface area (Å²) in [6.07, 6.45) is 2.05. The highest BCUT2D eigenvalue weighted by atomic mass is 79.9. The molecule has 0 N–H and O–H groups in total. The maximum Gasteiger partial charge on any atom is 0.310 e. The fourth-order valence-corrected chi connectivity index (χ4v) is 3.44. The Morgan fingerprint density at radius 2 is 1.86 bits per heavy atom. The van der Waals surface area contributed by atoms with E-state index in [1.807, 2.05) is 0 Å². The lowest BCUT2D eigenvalue weighted by Crippen LogP contribution is -2.38. The predicted octanol–water partition coefficient (Wildman–Crippen LogP) is 3.43. The van der Waals surface area contributed by atoms with E-state index in [9.17, 15) is 14.0 Å². The van der Waals surface area contributed by atoms with Crippen LogP contribution >= 0.6 is 15.9 Å². The van der Waals surface area contributed by atoms with Crippen LogP contribution in [0.1, 0.15) is 30.7 Å². The summed E-state index contributed by atoms with van der Waals surface area (Å²) >= 11 is 3.12. The number of carbonyl (C=O) groups excluding carboxylic acids is 2. The van der Waals surface area contributed by atoms with Gasteiger partial charge < -0.3 is 9.47 Å². The molecule has 0 aliphatic heterocycles. The van der Waals surface area contributed by atoms with E-state index in [-0.39, 0.29) is 11.7 Å². The summed E-state index contributed by atoms with van der Waals surface area (Å²) in [6.45, 7) is 0. The molecular formula is C16H18BrFO4. The van der Waals surface area contributed by atoms with Crippen LogP contribution in [0.3, 0.4) is 0 Å². The highest BCUT2D eigenvalue weighted by Crippen LogP contribution is 2.43. The number of carbonyl (C=O) groups is 2. The molecule has 0 unspecified atom stereocenters. The molecule has 1 aromatic carbocycles. The summed E-state index contributed by atoms with van der Waals surface area (Å²) in [4.78, 5) is 24.2. The van der Waals surface area contributed by atoms with Gasteiger partial charge in [-0.2, -0.15) is 0 Å². The van der Waals surface area contributed by atoms with Crippen LogP contribution in [-0.2, 0) is 19.1 Å². The lowest BCUT2D eigenvalue weighted by molar-refractivity contribution is -0.160. The normalized spacial score (nSPS) is 24.6. The van der Waals surface area contributed by atoms with Crippen molar-refractivity contribution in [1.82, 2.24) is 0 Å². The Morgan fingerprint density at radius 3 is 2.45 bits per heavy atom. The zero-order chi connectivity index (χ0) is 16.3. The van der Waals surface area contributed by atoms with E-state index in [1.165, 1.54) is 20.3 Å². The molecule has 2 rings (SSSR count). The third-order valence-electron chi connectivity index (χ3n) is 4.25. The van der Waals surface area contributed by atoms with Crippen molar-refractivity contribution in [3.05, 3.63) is 34.1 Å². The Kier molecular flexibility index (Phi) is 5.56. The van der Waals surface area contributed by atoms with Crippen LogP contribution in [0.5, 0.6) is 0 Å². The molecule has 4 nitrogen and oxygen atoms in total. The van der Waals surface area contributed by atoms with Crippen molar-refractivity contribution >= 4 is 27.9 Å². The van der Waals surface area contributed by atoms with Crippen molar-refractivity contribution < 1.29 is 23.5 Å². The van der Waals surface area contributed by atoms with Crippen LogP contribution in [0.25, 0.3) is 0 Å². The van der Waals surface area contributed by atoms with Crippen molar-refractivity contribution in [3.63, 3.8) is 0 Å². The molecule has 3 atom stereocenters. The molecule has 6 heteroatoms. The predicted molar refractivity (Wildman–Crippen MR) is 81.7 cm³/mol. The molecule has 0 spiro atoms. The van der Waals surface area contributed by atoms with Gasteiger partial charge in [0.15, 0.2) is 0 Å². The number of halogens is 2. The van der Waals surface area contributed by atoms with Crippen molar-refractivity contribution in [2.24, 2.45) is 11.8 Å². The van der Waals surface area contributed by atoms with E-state index in [1.54, 1.807) is 12.1 Å². The van der Waals surface area contributed by atoms with Gasteiger partial charge in [0, 0.05) is 0 Å². The fraction of sp³-hybridized carbons (Fsp3) is 0.500. The van der Waals surface area contributed by atoms with Gasteiger partial charge in [-0.25, -0.2) is 4.39 Å². The quantitative estimate of drug-likeness (QED) is 0.762. The Labute approximate surface area is 137 Å². The number of ether oxygens (including phenoxy) is 2. The molecular weight excluding hydrogens is 355 g/mol. The van der Waals surface area contributed by atoms with E-state index >= 15 is 0 Å². The number of hydrogen-bond donors (Lipinski definition) is 0. The SMILES string of the molecule is COC(=O)[C@@H]1[C@@H](c2ccc(Br)c(F)c2)CCC[C@H]1C(=O)OC. The summed E-state index contributed by atoms with van der Waals surface area (Å²) in [5, 5.41) is 0. The first-order valence-corrected chi connectivity index (χ1v) is 7.89. The summed E-state index contributed by atoms with van der Waals surface area (Å²) in [6, 6.07) is 4.79. The minimum absolute atomic E-state index is 0.257. The van der Waals surface area contributed by atoms with Gasteiger partial charge in [0.25, 0.3) is 0 Å². The van der Waals surface area contributed by atoms with Gasteiger partial charge in [-0.15, -0.1) is 0 Å². The van der Waals surface area contributed by atoms with E-state index in [0.29, 0.717) is 22.9 Å². The molecule has 1 aromatic rings. The molecule has 1 aliphatic rings. The lowest BCUT2D eigenvalue weighted by atomic mass is 9.69. The third kappa shape index (κ3) is 3.32. The van der Waals surface area contributed by atoms with Gasteiger partial charge in [-0.1, -0.05) is 12.5 Å². The summed E-state index contributed by atoms with van der Waals surface area (Å²) < 4.78 is 23.9. The minimum atomic E-state index is -0.647. The second-order valence-corrected chi connectivity index (χ2v) is 6.24. The van der Waals surface area contributed by atoms with E-state index < -0.39 is 23.8 Å². The standard InChI is InChI=1S/C16H18BrFO4/c1-21-15(19)11-5-3-4-10(14(11)16(20)22-2)9-6-7-12(17)13(18)8-9/h6-8,10-11,14H,3-5H2,1-2H3/t10-,11-,14-/m1/s1. The van der Waals surface area contributed by atoms with Gasteiger partial charge in [0.2, 0.25) is 0 Å². The number of benzene rings is 1. The van der Waals surface area contributed by atoms with Gasteiger partial charge in [-0.05, 0) is 52.4 Å². The molecule has 1 saturated carbocycles. The Bertz CT molecular complexity index is 575. The molecule has 1 aliphatic carbocycles. The number of esters is 2.